The van der Waals surface area contributed by atoms with Gasteiger partial charge in [-0.2, -0.15) is 0 Å². The van der Waals surface area contributed by atoms with Gasteiger partial charge in [0, 0.05) is 54.3 Å². The zero-order chi connectivity index (χ0) is 22.9. The van der Waals surface area contributed by atoms with Crippen molar-refractivity contribution in [3.63, 3.8) is 0 Å². The molecule has 2 aliphatic rings. The SMILES string of the molecule is CN1c2ccc(C#Cc3cccnc3)cc2[C@@H]2[C@@H](CCN2C(=O)c2cccc(F)c2)[C@H]1CO. The summed E-state index contributed by atoms with van der Waals surface area (Å²) in [7, 11) is 1.98. The molecule has 0 spiro atoms. The van der Waals surface area contributed by atoms with E-state index >= 15 is 0 Å². The van der Waals surface area contributed by atoms with Crippen molar-refractivity contribution in [1.29, 1.82) is 0 Å². The van der Waals surface area contributed by atoms with Gasteiger partial charge in [-0.3, -0.25) is 9.78 Å². The summed E-state index contributed by atoms with van der Waals surface area (Å²) in [6.07, 6.45) is 4.20. The average Bonchev–Trinajstić information content (AvgIpc) is 3.28. The van der Waals surface area contributed by atoms with Crippen LogP contribution >= 0.6 is 0 Å². The third kappa shape index (κ3) is 3.85. The van der Waals surface area contributed by atoms with Crippen molar-refractivity contribution in [3.8, 4) is 11.8 Å². The van der Waals surface area contributed by atoms with Gasteiger partial charge in [0.15, 0.2) is 0 Å². The largest absolute Gasteiger partial charge is 0.394 e. The van der Waals surface area contributed by atoms with Crippen LogP contribution in [0.4, 0.5) is 10.1 Å². The molecule has 5 rings (SSSR count). The van der Waals surface area contributed by atoms with Crippen LogP contribution in [-0.4, -0.2) is 47.1 Å². The van der Waals surface area contributed by atoms with E-state index in [1.165, 1.54) is 12.1 Å². The first-order valence-corrected chi connectivity index (χ1v) is 11.0. The smallest absolute Gasteiger partial charge is 0.254 e. The number of hydrogen-bond acceptors (Lipinski definition) is 4. The lowest BCUT2D eigenvalue weighted by atomic mass is 9.81. The molecule has 0 radical (unpaired) electrons. The molecule has 1 fully saturated rings. The molecule has 1 aromatic heterocycles. The molecule has 2 aromatic carbocycles. The fraction of sp³-hybridized carbons (Fsp3) is 0.259. The molecule has 1 saturated heterocycles. The molecule has 1 amide bonds. The Morgan fingerprint density at radius 3 is 2.76 bits per heavy atom. The first kappa shape index (κ1) is 21.2. The highest BCUT2D eigenvalue weighted by Crippen LogP contribution is 2.49. The highest BCUT2D eigenvalue weighted by Gasteiger charge is 2.47. The summed E-state index contributed by atoms with van der Waals surface area (Å²) in [5, 5.41) is 10.2. The van der Waals surface area contributed by atoms with Crippen LogP contribution in [0.3, 0.4) is 0 Å². The van der Waals surface area contributed by atoms with E-state index < -0.39 is 5.82 Å². The molecular formula is C27H24FN3O2. The summed E-state index contributed by atoms with van der Waals surface area (Å²) in [5.41, 5.74) is 3.99. The Bertz CT molecular complexity index is 1250. The number of aromatic nitrogens is 1. The molecule has 1 N–H and O–H groups in total. The maximum Gasteiger partial charge on any atom is 0.254 e. The fourth-order valence-corrected chi connectivity index (χ4v) is 5.13. The predicted molar refractivity (Wildman–Crippen MR) is 124 cm³/mol. The first-order valence-electron chi connectivity index (χ1n) is 11.0. The van der Waals surface area contributed by atoms with E-state index in [4.69, 9.17) is 0 Å². The molecule has 0 saturated carbocycles. The Morgan fingerprint density at radius 2 is 2.00 bits per heavy atom. The van der Waals surface area contributed by atoms with Gasteiger partial charge < -0.3 is 14.9 Å². The Morgan fingerprint density at radius 1 is 1.15 bits per heavy atom. The molecule has 2 aliphatic heterocycles. The van der Waals surface area contributed by atoms with Crippen LogP contribution < -0.4 is 4.90 Å². The van der Waals surface area contributed by atoms with Gasteiger partial charge >= 0.3 is 0 Å². The molecular weight excluding hydrogens is 417 g/mol. The second-order valence-electron chi connectivity index (χ2n) is 8.53. The van der Waals surface area contributed by atoms with E-state index in [-0.39, 0.29) is 30.5 Å². The number of nitrogens with zero attached hydrogens (tertiary/aromatic N) is 3. The number of hydrogen-bond donors (Lipinski definition) is 1. The monoisotopic (exact) mass is 441 g/mol. The minimum atomic E-state index is -0.429. The lowest BCUT2D eigenvalue weighted by Crippen LogP contribution is -2.48. The number of carbonyl (C=O) groups excluding carboxylic acids is 1. The molecule has 6 heteroatoms. The third-order valence-electron chi connectivity index (χ3n) is 6.69. The number of likely N-dealkylation sites (N-methyl/N-ethyl adjacent to an activating group) is 1. The van der Waals surface area contributed by atoms with Gasteiger partial charge in [-0.25, -0.2) is 4.39 Å². The van der Waals surface area contributed by atoms with Crippen molar-refractivity contribution in [1.82, 2.24) is 9.88 Å². The molecule has 0 unspecified atom stereocenters. The van der Waals surface area contributed by atoms with E-state index in [0.717, 1.165) is 28.8 Å². The van der Waals surface area contributed by atoms with E-state index in [0.29, 0.717) is 12.1 Å². The maximum absolute atomic E-state index is 13.8. The van der Waals surface area contributed by atoms with Crippen molar-refractivity contribution in [2.24, 2.45) is 5.92 Å². The van der Waals surface area contributed by atoms with E-state index in [1.54, 1.807) is 24.5 Å². The number of halogens is 1. The number of carbonyl (C=O) groups is 1. The van der Waals surface area contributed by atoms with Crippen molar-refractivity contribution in [2.45, 2.75) is 18.5 Å². The number of anilines is 1. The molecule has 3 aromatic rings. The number of aliphatic hydroxyl groups excluding tert-OH is 1. The summed E-state index contributed by atoms with van der Waals surface area (Å²) in [4.78, 5) is 21.4. The van der Waals surface area contributed by atoms with Crippen LogP contribution in [0.15, 0.2) is 67.0 Å². The van der Waals surface area contributed by atoms with Gasteiger partial charge in [-0.05, 0) is 60.5 Å². The van der Waals surface area contributed by atoms with Crippen molar-refractivity contribution < 1.29 is 14.3 Å². The van der Waals surface area contributed by atoms with E-state index in [2.05, 4.69) is 21.7 Å². The Labute approximate surface area is 192 Å². The number of aliphatic hydroxyl groups is 1. The molecule has 5 nitrogen and oxygen atoms in total. The summed E-state index contributed by atoms with van der Waals surface area (Å²) >= 11 is 0. The third-order valence-corrected chi connectivity index (χ3v) is 6.69. The number of amides is 1. The van der Waals surface area contributed by atoms with Gasteiger partial charge in [-0.1, -0.05) is 17.9 Å². The lowest BCUT2D eigenvalue weighted by Gasteiger charge is -2.44. The summed E-state index contributed by atoms with van der Waals surface area (Å²) in [5.74, 6) is 5.79. The van der Waals surface area contributed by atoms with Crippen molar-refractivity contribution >= 4 is 11.6 Å². The average molecular weight is 442 g/mol. The molecule has 166 valence electrons. The first-order chi connectivity index (χ1) is 16.1. The zero-order valence-electron chi connectivity index (χ0n) is 18.3. The molecule has 0 bridgehead atoms. The zero-order valence-corrected chi connectivity index (χ0v) is 18.3. The van der Waals surface area contributed by atoms with Gasteiger partial charge in [0.2, 0.25) is 0 Å². The Balaban J connectivity index is 1.56. The van der Waals surface area contributed by atoms with E-state index in [9.17, 15) is 14.3 Å². The topological polar surface area (TPSA) is 56.7 Å². The number of likely N-dealkylation sites (tertiary alicyclic amines) is 1. The Hall–Kier alpha value is -3.69. The molecule has 0 aliphatic carbocycles. The second kappa shape index (κ2) is 8.68. The molecule has 33 heavy (non-hydrogen) atoms. The van der Waals surface area contributed by atoms with Gasteiger partial charge in [0.05, 0.1) is 18.7 Å². The van der Waals surface area contributed by atoms with Crippen LogP contribution in [0.1, 0.15) is 39.5 Å². The lowest BCUT2D eigenvalue weighted by molar-refractivity contribution is 0.0693. The van der Waals surface area contributed by atoms with Gasteiger partial charge in [0.25, 0.3) is 5.91 Å². The van der Waals surface area contributed by atoms with Crippen LogP contribution in [0, 0.1) is 23.6 Å². The number of benzene rings is 2. The Kier molecular flexibility index (Phi) is 5.57. The number of fused-ring (bicyclic) bond motifs is 3. The summed E-state index contributed by atoms with van der Waals surface area (Å²) in [6.45, 7) is 0.557. The number of pyridine rings is 1. The predicted octanol–water partition coefficient (Wildman–Crippen LogP) is 3.63. The van der Waals surface area contributed by atoms with Crippen molar-refractivity contribution in [3.05, 3.63) is 95.1 Å². The van der Waals surface area contributed by atoms with Crippen molar-refractivity contribution in [2.75, 3.05) is 25.1 Å². The van der Waals surface area contributed by atoms with Crippen LogP contribution in [0.25, 0.3) is 0 Å². The van der Waals surface area contributed by atoms with E-state index in [1.807, 2.05) is 42.3 Å². The van der Waals surface area contributed by atoms with Crippen LogP contribution in [0.2, 0.25) is 0 Å². The summed E-state index contributed by atoms with van der Waals surface area (Å²) in [6, 6.07) is 15.3. The normalized spacial score (nSPS) is 21.1. The quantitative estimate of drug-likeness (QED) is 0.617. The fourth-order valence-electron chi connectivity index (χ4n) is 5.13. The minimum absolute atomic E-state index is 0.00165. The molecule has 3 atom stereocenters. The minimum Gasteiger partial charge on any atom is -0.394 e. The highest BCUT2D eigenvalue weighted by molar-refractivity contribution is 5.95. The molecule has 3 heterocycles. The summed E-state index contributed by atoms with van der Waals surface area (Å²) < 4.78 is 13.8. The van der Waals surface area contributed by atoms with Crippen LogP contribution in [0.5, 0.6) is 0 Å². The van der Waals surface area contributed by atoms with Gasteiger partial charge in [-0.15, -0.1) is 0 Å². The highest BCUT2D eigenvalue weighted by atomic mass is 19.1. The standard InChI is InChI=1S/C27H24FN3O2/c1-30-24-10-9-18(7-8-19-4-3-12-29-16-19)14-23(24)26-22(25(30)17-32)11-13-31(26)27(33)20-5-2-6-21(28)15-20/h2-6,9-10,12,14-16,22,25-26,32H,11,13,17H2,1H3/t22-,25+,26-/m0/s1. The van der Waals surface area contributed by atoms with Crippen LogP contribution in [-0.2, 0) is 0 Å². The van der Waals surface area contributed by atoms with Gasteiger partial charge in [0.1, 0.15) is 5.82 Å². The number of rotatable bonds is 2. The second-order valence-corrected chi connectivity index (χ2v) is 8.53. The maximum atomic E-state index is 13.8.